The molecule has 1 aromatic rings. The SMILES string of the molecule is CC.CC(C)(C)C(=NCc1ccccn1)C(C)(C)C. The molecule has 0 spiro atoms. The maximum Gasteiger partial charge on any atom is 0.0811 e. The van der Waals surface area contributed by atoms with Crippen molar-refractivity contribution in [1.29, 1.82) is 0 Å². The minimum Gasteiger partial charge on any atom is -0.287 e. The van der Waals surface area contributed by atoms with E-state index in [1.165, 1.54) is 5.71 Å². The second-order valence-electron chi connectivity index (χ2n) is 6.49. The fourth-order valence-electron chi connectivity index (χ4n) is 2.25. The van der Waals surface area contributed by atoms with Crippen LogP contribution < -0.4 is 0 Å². The van der Waals surface area contributed by atoms with Crippen LogP contribution in [0.15, 0.2) is 29.4 Å². The predicted octanol–water partition coefficient (Wildman–Crippen LogP) is 5.14. The predicted molar refractivity (Wildman–Crippen MR) is 85.6 cm³/mol. The van der Waals surface area contributed by atoms with E-state index in [0.717, 1.165) is 5.69 Å². The molecule has 1 rings (SSSR count). The highest BCUT2D eigenvalue weighted by Crippen LogP contribution is 2.30. The summed E-state index contributed by atoms with van der Waals surface area (Å²) in [5.41, 5.74) is 2.48. The molecule has 0 radical (unpaired) electrons. The lowest BCUT2D eigenvalue weighted by Crippen LogP contribution is -2.33. The van der Waals surface area contributed by atoms with Gasteiger partial charge in [0.15, 0.2) is 0 Å². The van der Waals surface area contributed by atoms with Gasteiger partial charge in [0, 0.05) is 22.7 Å². The van der Waals surface area contributed by atoms with Gasteiger partial charge in [-0.25, -0.2) is 0 Å². The first-order valence-corrected chi connectivity index (χ1v) is 7.16. The van der Waals surface area contributed by atoms with E-state index in [9.17, 15) is 0 Å². The molecule has 0 fully saturated rings. The van der Waals surface area contributed by atoms with Crippen molar-refractivity contribution in [2.45, 2.75) is 61.9 Å². The molecular weight excluding hydrogens is 232 g/mol. The molecule has 2 nitrogen and oxygen atoms in total. The van der Waals surface area contributed by atoms with E-state index < -0.39 is 0 Å². The van der Waals surface area contributed by atoms with Gasteiger partial charge >= 0.3 is 0 Å². The van der Waals surface area contributed by atoms with Crippen LogP contribution in [0.1, 0.15) is 61.1 Å². The van der Waals surface area contributed by atoms with Gasteiger partial charge in [0.05, 0.1) is 12.2 Å². The van der Waals surface area contributed by atoms with Crippen molar-refractivity contribution in [2.24, 2.45) is 15.8 Å². The summed E-state index contributed by atoms with van der Waals surface area (Å²) in [6.45, 7) is 18.0. The normalized spacial score (nSPS) is 11.4. The van der Waals surface area contributed by atoms with E-state index in [4.69, 9.17) is 4.99 Å². The van der Waals surface area contributed by atoms with Crippen LogP contribution in [0.3, 0.4) is 0 Å². The number of hydrogen-bond donors (Lipinski definition) is 0. The maximum absolute atomic E-state index is 4.79. The lowest BCUT2D eigenvalue weighted by Gasteiger charge is -2.32. The zero-order chi connectivity index (χ0) is 15.1. The second kappa shape index (κ2) is 7.42. The van der Waals surface area contributed by atoms with Gasteiger partial charge in [-0.1, -0.05) is 61.5 Å². The zero-order valence-corrected chi connectivity index (χ0v) is 13.9. The molecule has 1 aromatic heterocycles. The summed E-state index contributed by atoms with van der Waals surface area (Å²) in [7, 11) is 0. The van der Waals surface area contributed by atoms with Crippen molar-refractivity contribution < 1.29 is 0 Å². The van der Waals surface area contributed by atoms with Crippen molar-refractivity contribution in [3.05, 3.63) is 30.1 Å². The molecule has 0 aromatic carbocycles. The second-order valence-corrected chi connectivity index (χ2v) is 6.49. The molecule has 0 aliphatic rings. The first-order valence-electron chi connectivity index (χ1n) is 7.16. The number of aromatic nitrogens is 1. The monoisotopic (exact) mass is 262 g/mol. The molecule has 1 heterocycles. The van der Waals surface area contributed by atoms with Gasteiger partial charge in [0.25, 0.3) is 0 Å². The molecule has 0 aliphatic carbocycles. The van der Waals surface area contributed by atoms with Gasteiger partial charge in [-0.15, -0.1) is 0 Å². The smallest absolute Gasteiger partial charge is 0.0811 e. The van der Waals surface area contributed by atoms with Gasteiger partial charge in [0.1, 0.15) is 0 Å². The van der Waals surface area contributed by atoms with Crippen LogP contribution in [0.25, 0.3) is 0 Å². The topological polar surface area (TPSA) is 25.2 Å². The van der Waals surface area contributed by atoms with E-state index in [-0.39, 0.29) is 10.8 Å². The number of nitrogens with zero attached hydrogens (tertiary/aromatic N) is 2. The zero-order valence-electron chi connectivity index (χ0n) is 13.9. The summed E-state index contributed by atoms with van der Waals surface area (Å²) in [5, 5.41) is 0. The fourth-order valence-corrected chi connectivity index (χ4v) is 2.25. The number of aliphatic imine (C=N–C) groups is 1. The Bertz CT molecular complexity index is 362. The summed E-state index contributed by atoms with van der Waals surface area (Å²) in [6, 6.07) is 5.96. The number of pyridine rings is 1. The largest absolute Gasteiger partial charge is 0.287 e. The minimum atomic E-state index is 0.104. The third kappa shape index (κ3) is 6.51. The Hall–Kier alpha value is -1.18. The molecule has 0 amide bonds. The van der Waals surface area contributed by atoms with Crippen LogP contribution in [0.5, 0.6) is 0 Å². The molecule has 19 heavy (non-hydrogen) atoms. The third-order valence-corrected chi connectivity index (χ3v) is 2.55. The molecule has 0 bridgehead atoms. The summed E-state index contributed by atoms with van der Waals surface area (Å²) in [6.07, 6.45) is 1.82. The van der Waals surface area contributed by atoms with Gasteiger partial charge in [-0.2, -0.15) is 0 Å². The molecule has 2 heteroatoms. The van der Waals surface area contributed by atoms with E-state index in [1.807, 2.05) is 38.2 Å². The lowest BCUT2D eigenvalue weighted by atomic mass is 9.75. The molecular formula is C17H30N2. The highest BCUT2D eigenvalue weighted by atomic mass is 14.8. The summed E-state index contributed by atoms with van der Waals surface area (Å²) in [5.74, 6) is 0. The summed E-state index contributed by atoms with van der Waals surface area (Å²) in [4.78, 5) is 9.10. The van der Waals surface area contributed by atoms with Crippen LogP contribution in [0, 0.1) is 10.8 Å². The highest BCUT2D eigenvalue weighted by Gasteiger charge is 2.29. The van der Waals surface area contributed by atoms with Crippen molar-refractivity contribution in [1.82, 2.24) is 4.98 Å². The quantitative estimate of drug-likeness (QED) is 0.677. The van der Waals surface area contributed by atoms with Gasteiger partial charge in [-0.3, -0.25) is 9.98 Å². The summed E-state index contributed by atoms with van der Waals surface area (Å²) >= 11 is 0. The van der Waals surface area contributed by atoms with E-state index in [0.29, 0.717) is 6.54 Å². The first-order chi connectivity index (χ1) is 8.71. The Morgan fingerprint density at radius 3 is 1.89 bits per heavy atom. The molecule has 0 saturated carbocycles. The molecule has 0 unspecified atom stereocenters. The minimum absolute atomic E-state index is 0.104. The highest BCUT2D eigenvalue weighted by molar-refractivity contribution is 5.93. The Morgan fingerprint density at radius 1 is 1.00 bits per heavy atom. The van der Waals surface area contributed by atoms with Gasteiger partial charge in [-0.05, 0) is 12.1 Å². The Labute approximate surface area is 119 Å². The Morgan fingerprint density at radius 2 is 1.53 bits per heavy atom. The average Bonchev–Trinajstić information content (AvgIpc) is 2.29. The van der Waals surface area contributed by atoms with Crippen molar-refractivity contribution in [2.75, 3.05) is 0 Å². The van der Waals surface area contributed by atoms with Crippen LogP contribution in [-0.2, 0) is 6.54 Å². The average molecular weight is 262 g/mol. The molecule has 0 N–H and O–H groups in total. The number of hydrogen-bond acceptors (Lipinski definition) is 2. The Balaban J connectivity index is 0.00000154. The van der Waals surface area contributed by atoms with E-state index >= 15 is 0 Å². The van der Waals surface area contributed by atoms with Crippen LogP contribution in [-0.4, -0.2) is 10.7 Å². The third-order valence-electron chi connectivity index (χ3n) is 2.55. The van der Waals surface area contributed by atoms with Crippen molar-refractivity contribution >= 4 is 5.71 Å². The van der Waals surface area contributed by atoms with E-state index in [1.54, 1.807) is 0 Å². The van der Waals surface area contributed by atoms with Gasteiger partial charge in [0.2, 0.25) is 0 Å². The standard InChI is InChI=1S/C15H24N2.C2H6/c1-14(2,3)13(15(4,5)6)17-11-12-9-7-8-10-16-12;1-2/h7-10H,11H2,1-6H3;1-2H3. The maximum atomic E-state index is 4.79. The molecule has 0 atom stereocenters. The van der Waals surface area contributed by atoms with Crippen molar-refractivity contribution in [3.8, 4) is 0 Å². The van der Waals surface area contributed by atoms with Gasteiger partial charge < -0.3 is 0 Å². The van der Waals surface area contributed by atoms with Crippen LogP contribution in [0.4, 0.5) is 0 Å². The van der Waals surface area contributed by atoms with E-state index in [2.05, 4.69) is 46.5 Å². The van der Waals surface area contributed by atoms with Crippen molar-refractivity contribution in [3.63, 3.8) is 0 Å². The fraction of sp³-hybridized carbons (Fsp3) is 0.647. The Kier molecular flexibility index (Phi) is 6.96. The summed E-state index contributed by atoms with van der Waals surface area (Å²) < 4.78 is 0. The van der Waals surface area contributed by atoms with Crippen LogP contribution in [0.2, 0.25) is 0 Å². The van der Waals surface area contributed by atoms with Crippen LogP contribution >= 0.6 is 0 Å². The first kappa shape index (κ1) is 17.8. The molecule has 0 saturated heterocycles. The molecule has 0 aliphatic heterocycles. The number of rotatable bonds is 2. The molecule has 108 valence electrons. The lowest BCUT2D eigenvalue weighted by molar-refractivity contribution is 0.475.